The van der Waals surface area contributed by atoms with Crippen LogP contribution in [0.25, 0.3) is 90.3 Å². The van der Waals surface area contributed by atoms with Crippen LogP contribution in [0.15, 0.2) is 273 Å². The van der Waals surface area contributed by atoms with Gasteiger partial charge in [-0.2, -0.15) is 0 Å². The molecule has 2 unspecified atom stereocenters. The van der Waals surface area contributed by atoms with Gasteiger partial charge in [0.2, 0.25) is 0 Å². The average Bonchev–Trinajstić information content (AvgIpc) is 3.70. The molecule has 1 aliphatic heterocycles. The van der Waals surface area contributed by atoms with Gasteiger partial charge in [0, 0.05) is 56.3 Å². The lowest BCUT2D eigenvalue weighted by Gasteiger charge is -2.42. The van der Waals surface area contributed by atoms with Crippen molar-refractivity contribution >= 4 is 0 Å². The molecule has 82 heavy (non-hydrogen) atoms. The highest BCUT2D eigenvalue weighted by atomic mass is 16.5. The van der Waals surface area contributed by atoms with Gasteiger partial charge in [0.15, 0.2) is 23.3 Å². The van der Waals surface area contributed by atoms with Gasteiger partial charge < -0.3 is 4.74 Å². The van der Waals surface area contributed by atoms with Crippen molar-refractivity contribution in [3.05, 3.63) is 329 Å². The maximum atomic E-state index is 6.69. The van der Waals surface area contributed by atoms with Gasteiger partial charge in [0.25, 0.3) is 0 Å². The predicted octanol–water partition coefficient (Wildman–Crippen LogP) is 17.8. The Morgan fingerprint density at radius 2 is 0.659 bits per heavy atom. The summed E-state index contributed by atoms with van der Waals surface area (Å²) in [6.07, 6.45) is 0. The van der Waals surface area contributed by atoms with Crippen molar-refractivity contribution in [3.8, 4) is 102 Å². The van der Waals surface area contributed by atoms with Crippen molar-refractivity contribution in [2.45, 2.75) is 17.3 Å². The van der Waals surface area contributed by atoms with E-state index >= 15 is 0 Å². The van der Waals surface area contributed by atoms with Crippen molar-refractivity contribution in [1.82, 2.24) is 24.9 Å². The monoisotopic (exact) mass is 1050 g/mol. The summed E-state index contributed by atoms with van der Waals surface area (Å²) in [5.41, 5.74) is 24.3. The summed E-state index contributed by atoms with van der Waals surface area (Å²) < 4.78 is 6.69. The molecule has 4 aliphatic carbocycles. The number of ether oxygens (including phenoxy) is 1. The normalized spacial score (nSPS) is 15.0. The van der Waals surface area contributed by atoms with Crippen LogP contribution in [0.3, 0.4) is 0 Å². The van der Waals surface area contributed by atoms with E-state index in [0.717, 1.165) is 78.5 Å². The second-order valence-electron chi connectivity index (χ2n) is 21.7. The van der Waals surface area contributed by atoms with Crippen molar-refractivity contribution < 1.29 is 4.74 Å². The van der Waals surface area contributed by atoms with E-state index in [4.69, 9.17) is 29.7 Å². The molecule has 6 nitrogen and oxygen atoms in total. The Balaban J connectivity index is 0.797. The van der Waals surface area contributed by atoms with Crippen LogP contribution in [-0.4, -0.2) is 24.9 Å². The van der Waals surface area contributed by atoms with E-state index in [1.54, 1.807) is 0 Å². The first-order valence-electron chi connectivity index (χ1n) is 28.0. The fraction of sp³-hybridized carbons (Fsp3) is 0.0395. The van der Waals surface area contributed by atoms with Crippen LogP contribution in [-0.2, 0) is 5.41 Å². The molecule has 1 spiro atoms. The first-order valence-corrected chi connectivity index (χ1v) is 28.0. The van der Waals surface area contributed by atoms with Crippen LogP contribution in [0, 0.1) is 0 Å². The van der Waals surface area contributed by atoms with Gasteiger partial charge in [0.05, 0.1) is 16.8 Å². The second-order valence-corrected chi connectivity index (χ2v) is 21.7. The standard InChI is InChI=1S/C76H47N5O/c1-4-20-46(21-5-1)72-77-66(45-67(78-72)55-28-11-10-26-52(55)49-36-39-54-53-27-14-15-31-62(53)76(65(54)44-49)63-32-16-18-34-68(63)82-69-35-19-17-33-64(69)76)50-37-40-58-60(42-50)70-56-29-12-13-30-57(56)71(58)61-43-51(38-41-59(61)70)75-80-73(47-22-6-2-7-23-47)79-74(81-75)48-24-8-3-9-25-48/h1-45,70-71H. The Kier molecular flexibility index (Phi) is 10.3. The van der Waals surface area contributed by atoms with E-state index in [-0.39, 0.29) is 11.8 Å². The predicted molar refractivity (Wildman–Crippen MR) is 326 cm³/mol. The Bertz CT molecular complexity index is 4640. The average molecular weight is 1050 g/mol. The Morgan fingerprint density at radius 1 is 0.244 bits per heavy atom. The first-order chi connectivity index (χ1) is 40.6. The number of aromatic nitrogens is 5. The SMILES string of the molecule is c1ccc(-c2nc(-c3ccc4c(c3)C3c5ccccc5C4c4cc(-c5nc(-c6ccccc6)nc(-c6ccccc6)n5)ccc43)cc(-c3ccccc3-c3ccc4c(c3)C3(c5ccccc5Oc5ccccc53)c3ccccc3-4)n2)cc1. The van der Waals surface area contributed by atoms with Crippen LogP contribution >= 0.6 is 0 Å². The van der Waals surface area contributed by atoms with E-state index in [1.807, 2.05) is 42.5 Å². The Hall–Kier alpha value is -10.7. The quantitative estimate of drug-likeness (QED) is 0.158. The molecule has 11 aromatic carbocycles. The number of fused-ring (bicyclic) bond motifs is 9. The summed E-state index contributed by atoms with van der Waals surface area (Å²) in [6, 6.07) is 97.5. The van der Waals surface area contributed by atoms with Gasteiger partial charge in [-0.1, -0.05) is 237 Å². The molecular formula is C76H47N5O. The second kappa shape index (κ2) is 18.2. The van der Waals surface area contributed by atoms with Crippen molar-refractivity contribution in [2.75, 3.05) is 0 Å². The van der Waals surface area contributed by atoms with E-state index in [0.29, 0.717) is 23.3 Å². The maximum Gasteiger partial charge on any atom is 0.164 e. The fourth-order valence-electron chi connectivity index (χ4n) is 13.9. The highest BCUT2D eigenvalue weighted by Crippen LogP contribution is 2.63. The minimum atomic E-state index is -0.590. The molecule has 6 heteroatoms. The number of hydrogen-bond acceptors (Lipinski definition) is 6. The molecule has 2 atom stereocenters. The molecule has 0 amide bonds. The molecule has 2 bridgehead atoms. The third-order valence-electron chi connectivity index (χ3n) is 17.4. The van der Waals surface area contributed by atoms with Gasteiger partial charge >= 0.3 is 0 Å². The molecule has 2 aromatic heterocycles. The van der Waals surface area contributed by atoms with Crippen LogP contribution < -0.4 is 4.74 Å². The van der Waals surface area contributed by atoms with Crippen molar-refractivity contribution in [3.63, 3.8) is 0 Å². The molecule has 0 saturated heterocycles. The third-order valence-corrected chi connectivity index (χ3v) is 17.4. The zero-order valence-corrected chi connectivity index (χ0v) is 44.3. The lowest BCUT2D eigenvalue weighted by atomic mass is 9.60. The Labute approximate surface area is 474 Å². The fourth-order valence-corrected chi connectivity index (χ4v) is 13.9. The van der Waals surface area contributed by atoms with Gasteiger partial charge in [-0.15, -0.1) is 0 Å². The maximum absolute atomic E-state index is 6.69. The molecule has 0 saturated carbocycles. The van der Waals surface area contributed by atoms with E-state index in [1.165, 1.54) is 55.6 Å². The third kappa shape index (κ3) is 6.98. The highest BCUT2D eigenvalue weighted by molar-refractivity contribution is 5.92. The molecule has 13 aromatic rings. The van der Waals surface area contributed by atoms with Gasteiger partial charge in [0.1, 0.15) is 11.5 Å². The molecule has 5 aliphatic rings. The summed E-state index contributed by atoms with van der Waals surface area (Å²) in [4.78, 5) is 26.2. The first kappa shape index (κ1) is 46.2. The lowest BCUT2D eigenvalue weighted by Crippen LogP contribution is -2.32. The Morgan fingerprint density at radius 3 is 1.26 bits per heavy atom. The highest BCUT2D eigenvalue weighted by Gasteiger charge is 2.51. The van der Waals surface area contributed by atoms with Crippen LogP contribution in [0.2, 0.25) is 0 Å². The van der Waals surface area contributed by atoms with Gasteiger partial charge in [-0.3, -0.25) is 0 Å². The minimum absolute atomic E-state index is 0.0119. The zero-order chi connectivity index (χ0) is 53.9. The molecular weight excluding hydrogens is 999 g/mol. The molecule has 0 radical (unpaired) electrons. The van der Waals surface area contributed by atoms with E-state index < -0.39 is 5.41 Å². The van der Waals surface area contributed by atoms with Gasteiger partial charge in [-0.25, -0.2) is 24.9 Å². The largest absolute Gasteiger partial charge is 0.457 e. The molecule has 0 fully saturated rings. The molecule has 0 N–H and O–H groups in total. The van der Waals surface area contributed by atoms with Crippen molar-refractivity contribution in [2.24, 2.45) is 0 Å². The summed E-state index contributed by atoms with van der Waals surface area (Å²) >= 11 is 0. The molecule has 382 valence electrons. The smallest absolute Gasteiger partial charge is 0.164 e. The summed E-state index contributed by atoms with van der Waals surface area (Å²) in [5.74, 6) is 4.40. The molecule has 18 rings (SSSR count). The van der Waals surface area contributed by atoms with Crippen LogP contribution in [0.5, 0.6) is 11.5 Å². The summed E-state index contributed by atoms with van der Waals surface area (Å²) in [5, 5.41) is 0. The number of para-hydroxylation sites is 2. The zero-order valence-electron chi connectivity index (χ0n) is 44.3. The summed E-state index contributed by atoms with van der Waals surface area (Å²) in [7, 11) is 0. The number of rotatable bonds is 7. The van der Waals surface area contributed by atoms with Crippen LogP contribution in [0.4, 0.5) is 0 Å². The lowest BCUT2D eigenvalue weighted by molar-refractivity contribution is 0.436. The minimum Gasteiger partial charge on any atom is -0.457 e. The van der Waals surface area contributed by atoms with E-state index in [9.17, 15) is 0 Å². The number of benzene rings is 11. The van der Waals surface area contributed by atoms with Crippen molar-refractivity contribution in [1.29, 1.82) is 0 Å². The van der Waals surface area contributed by atoms with E-state index in [2.05, 4.69) is 231 Å². The summed E-state index contributed by atoms with van der Waals surface area (Å²) in [6.45, 7) is 0. The molecule has 3 heterocycles. The topological polar surface area (TPSA) is 73.7 Å². The number of hydrogen-bond donors (Lipinski definition) is 0. The van der Waals surface area contributed by atoms with Crippen LogP contribution in [0.1, 0.15) is 67.5 Å². The number of nitrogens with zero attached hydrogens (tertiary/aromatic N) is 5. The van der Waals surface area contributed by atoms with Gasteiger partial charge in [-0.05, 0) is 103 Å².